The highest BCUT2D eigenvalue weighted by molar-refractivity contribution is 5.88. The minimum atomic E-state index is -1.06. The first-order valence-electron chi connectivity index (χ1n) is 9.60. The summed E-state index contributed by atoms with van der Waals surface area (Å²) in [5.74, 6) is -1.73. The SMILES string of the molecule is Cc1nnc(OC(=O)C23CC[C@H](c4cc(-c5c(F)cccc5F)nnc42)C3(C)C)o1. The van der Waals surface area contributed by atoms with Gasteiger partial charge in [0, 0.05) is 6.92 Å². The maximum atomic E-state index is 14.3. The van der Waals surface area contributed by atoms with Crippen LogP contribution in [0.4, 0.5) is 8.78 Å². The molecule has 1 unspecified atom stereocenters. The molecular weight excluding hydrogens is 394 g/mol. The molecule has 0 radical (unpaired) electrons. The van der Waals surface area contributed by atoms with Gasteiger partial charge in [-0.2, -0.15) is 5.10 Å². The molecule has 1 fully saturated rings. The highest BCUT2D eigenvalue weighted by Gasteiger charge is 2.68. The number of carbonyl (C=O) groups excluding carboxylic acids is 1. The number of carbonyl (C=O) groups is 1. The minimum absolute atomic E-state index is 0.0337. The molecular formula is C21H18F2N4O3. The van der Waals surface area contributed by atoms with Gasteiger partial charge >= 0.3 is 12.0 Å². The smallest absolute Gasteiger partial charge is 0.393 e. The molecule has 0 aliphatic heterocycles. The van der Waals surface area contributed by atoms with Crippen molar-refractivity contribution >= 4 is 5.97 Å². The molecule has 0 amide bonds. The molecule has 2 aliphatic rings. The Morgan fingerprint density at radius 2 is 1.90 bits per heavy atom. The van der Waals surface area contributed by atoms with Crippen molar-refractivity contribution in [1.29, 1.82) is 0 Å². The van der Waals surface area contributed by atoms with Crippen LogP contribution >= 0.6 is 0 Å². The van der Waals surface area contributed by atoms with E-state index in [-0.39, 0.29) is 29.1 Å². The van der Waals surface area contributed by atoms with E-state index in [0.717, 1.165) is 5.56 Å². The maximum Gasteiger partial charge on any atom is 0.422 e. The van der Waals surface area contributed by atoms with E-state index >= 15 is 0 Å². The van der Waals surface area contributed by atoms with Crippen LogP contribution in [0, 0.1) is 24.0 Å². The number of nitrogens with zero attached hydrogens (tertiary/aromatic N) is 4. The van der Waals surface area contributed by atoms with E-state index in [9.17, 15) is 13.6 Å². The second-order valence-electron chi connectivity index (χ2n) is 8.32. The molecule has 5 rings (SSSR count). The van der Waals surface area contributed by atoms with E-state index in [1.165, 1.54) is 18.2 Å². The summed E-state index contributed by atoms with van der Waals surface area (Å²) in [6, 6.07) is 5.29. The van der Waals surface area contributed by atoms with Crippen molar-refractivity contribution in [2.45, 2.75) is 44.9 Å². The number of ether oxygens (including phenoxy) is 1. The number of fused-ring (bicyclic) bond motifs is 5. The lowest BCUT2D eigenvalue weighted by atomic mass is 9.68. The first-order valence-corrected chi connectivity index (χ1v) is 9.60. The lowest BCUT2D eigenvalue weighted by Crippen LogP contribution is -2.46. The molecule has 154 valence electrons. The second-order valence-corrected chi connectivity index (χ2v) is 8.32. The van der Waals surface area contributed by atoms with Crippen LogP contribution in [0.3, 0.4) is 0 Å². The molecule has 2 aliphatic carbocycles. The Morgan fingerprint density at radius 1 is 1.17 bits per heavy atom. The third-order valence-corrected chi connectivity index (χ3v) is 6.64. The molecule has 0 N–H and O–H groups in total. The number of esters is 1. The predicted octanol–water partition coefficient (Wildman–Crippen LogP) is 3.87. The molecule has 2 atom stereocenters. The third-order valence-electron chi connectivity index (χ3n) is 6.64. The Balaban J connectivity index is 1.61. The fraction of sp³-hybridized carbons (Fsp3) is 0.381. The van der Waals surface area contributed by atoms with E-state index in [4.69, 9.17) is 9.15 Å². The summed E-state index contributed by atoms with van der Waals surface area (Å²) in [5, 5.41) is 15.8. The number of halogens is 2. The molecule has 2 aromatic heterocycles. The van der Waals surface area contributed by atoms with Crippen molar-refractivity contribution in [2.75, 3.05) is 0 Å². The van der Waals surface area contributed by atoms with Gasteiger partial charge in [0.25, 0.3) is 0 Å². The molecule has 1 saturated carbocycles. The minimum Gasteiger partial charge on any atom is -0.393 e. The molecule has 0 spiro atoms. The quantitative estimate of drug-likeness (QED) is 0.603. The van der Waals surface area contributed by atoms with Crippen molar-refractivity contribution < 1.29 is 22.7 Å². The van der Waals surface area contributed by atoms with Gasteiger partial charge < -0.3 is 9.15 Å². The van der Waals surface area contributed by atoms with Gasteiger partial charge in [0.1, 0.15) is 17.0 Å². The zero-order chi connectivity index (χ0) is 21.3. The van der Waals surface area contributed by atoms with E-state index < -0.39 is 28.4 Å². The Labute approximate surface area is 170 Å². The van der Waals surface area contributed by atoms with Crippen LogP contribution in [0.1, 0.15) is 49.8 Å². The number of rotatable bonds is 3. The first kappa shape index (κ1) is 18.8. The van der Waals surface area contributed by atoms with E-state index in [1.54, 1.807) is 13.0 Å². The normalized spacial score (nSPS) is 23.4. The van der Waals surface area contributed by atoms with Crippen LogP contribution in [0.25, 0.3) is 11.3 Å². The van der Waals surface area contributed by atoms with Crippen LogP contribution in [0.2, 0.25) is 0 Å². The molecule has 3 aromatic rings. The molecule has 30 heavy (non-hydrogen) atoms. The van der Waals surface area contributed by atoms with Crippen LogP contribution in [-0.2, 0) is 10.2 Å². The highest BCUT2D eigenvalue weighted by Crippen LogP contribution is 2.67. The van der Waals surface area contributed by atoms with Gasteiger partial charge in [0.05, 0.1) is 17.0 Å². The van der Waals surface area contributed by atoms with E-state index in [0.29, 0.717) is 18.5 Å². The standard InChI is InChI=1S/C21H18F2N4O3/c1-10-24-27-19(29-10)30-18(28)21-8-7-12(20(21,2)3)11-9-15(25-26-17(11)21)16-13(22)5-4-6-14(16)23/h4-6,9,12H,7-8H2,1-3H3/t12-,21?/m1/s1. The van der Waals surface area contributed by atoms with Gasteiger partial charge in [-0.25, -0.2) is 8.78 Å². The largest absolute Gasteiger partial charge is 0.422 e. The number of hydrogen-bond donors (Lipinski definition) is 0. The summed E-state index contributed by atoms with van der Waals surface area (Å²) in [7, 11) is 0. The number of aryl methyl sites for hydroxylation is 1. The molecule has 9 heteroatoms. The highest BCUT2D eigenvalue weighted by atomic mass is 19.1. The summed E-state index contributed by atoms with van der Waals surface area (Å²) >= 11 is 0. The molecule has 2 heterocycles. The van der Waals surface area contributed by atoms with Gasteiger partial charge in [0.15, 0.2) is 0 Å². The lowest BCUT2D eigenvalue weighted by molar-refractivity contribution is -0.146. The summed E-state index contributed by atoms with van der Waals surface area (Å²) in [6.45, 7) is 5.53. The Hall–Kier alpha value is -3.23. The summed E-state index contributed by atoms with van der Waals surface area (Å²) in [4.78, 5) is 13.3. The van der Waals surface area contributed by atoms with Gasteiger partial charge in [-0.15, -0.1) is 10.2 Å². The fourth-order valence-corrected chi connectivity index (χ4v) is 5.13. The van der Waals surface area contributed by atoms with E-state index in [1.807, 2.05) is 13.8 Å². The molecule has 0 saturated heterocycles. The third kappa shape index (κ3) is 2.31. The zero-order valence-electron chi connectivity index (χ0n) is 16.6. The average molecular weight is 412 g/mol. The summed E-state index contributed by atoms with van der Waals surface area (Å²) < 4.78 is 39.2. The summed E-state index contributed by atoms with van der Waals surface area (Å²) in [5.41, 5.74) is -0.491. The molecule has 2 bridgehead atoms. The number of aromatic nitrogens is 4. The Morgan fingerprint density at radius 3 is 2.57 bits per heavy atom. The van der Waals surface area contributed by atoms with Gasteiger partial charge in [-0.05, 0) is 47.9 Å². The topological polar surface area (TPSA) is 91.0 Å². The van der Waals surface area contributed by atoms with Crippen molar-refractivity contribution in [2.24, 2.45) is 5.41 Å². The van der Waals surface area contributed by atoms with Crippen LogP contribution in [0.15, 0.2) is 28.7 Å². The van der Waals surface area contributed by atoms with Crippen molar-refractivity contribution in [1.82, 2.24) is 20.4 Å². The van der Waals surface area contributed by atoms with Crippen molar-refractivity contribution in [3.63, 3.8) is 0 Å². The van der Waals surface area contributed by atoms with Crippen LogP contribution < -0.4 is 4.74 Å². The Bertz CT molecular complexity index is 1170. The maximum absolute atomic E-state index is 14.3. The second kappa shape index (κ2) is 6.13. The first-order chi connectivity index (χ1) is 14.3. The summed E-state index contributed by atoms with van der Waals surface area (Å²) in [6.07, 6.45) is 1.01. The fourth-order valence-electron chi connectivity index (χ4n) is 5.13. The Kier molecular flexibility index (Phi) is 3.84. The molecule has 7 nitrogen and oxygen atoms in total. The van der Waals surface area contributed by atoms with Crippen LogP contribution in [0.5, 0.6) is 6.08 Å². The zero-order valence-corrected chi connectivity index (χ0v) is 16.6. The lowest BCUT2D eigenvalue weighted by Gasteiger charge is -2.34. The molecule has 1 aromatic carbocycles. The number of benzene rings is 1. The average Bonchev–Trinajstić information content (AvgIpc) is 3.28. The van der Waals surface area contributed by atoms with Gasteiger partial charge in [-0.1, -0.05) is 25.0 Å². The van der Waals surface area contributed by atoms with Crippen molar-refractivity contribution in [3.05, 3.63) is 53.0 Å². The van der Waals surface area contributed by atoms with Crippen LogP contribution in [-0.4, -0.2) is 26.4 Å². The van der Waals surface area contributed by atoms with E-state index in [2.05, 4.69) is 20.4 Å². The monoisotopic (exact) mass is 412 g/mol. The van der Waals surface area contributed by atoms with Gasteiger partial charge in [-0.3, -0.25) is 4.79 Å². The predicted molar refractivity (Wildman–Crippen MR) is 99.5 cm³/mol. The van der Waals surface area contributed by atoms with Crippen molar-refractivity contribution in [3.8, 4) is 17.3 Å². The van der Waals surface area contributed by atoms with Gasteiger partial charge in [0.2, 0.25) is 5.89 Å². The number of hydrogen-bond acceptors (Lipinski definition) is 7.